The fraction of sp³-hybridized carbons (Fsp3) is 0.333. The van der Waals surface area contributed by atoms with Gasteiger partial charge in [-0.2, -0.15) is 0 Å². The number of nitrogens with one attached hydrogen (secondary N) is 1. The van der Waals surface area contributed by atoms with E-state index in [9.17, 15) is 22.4 Å². The summed E-state index contributed by atoms with van der Waals surface area (Å²) in [5, 5.41) is 2.71. The number of nitrogens with zero attached hydrogens (tertiary/aromatic N) is 2. The molecule has 0 unspecified atom stereocenters. The minimum Gasteiger partial charge on any atom is -0.324 e. The van der Waals surface area contributed by atoms with Gasteiger partial charge in [0.05, 0.1) is 22.2 Å². The molecule has 1 aromatic heterocycles. The Morgan fingerprint density at radius 2 is 1.90 bits per heavy atom. The molecule has 0 bridgehead atoms. The summed E-state index contributed by atoms with van der Waals surface area (Å²) >= 11 is 1.07. The molecule has 0 saturated heterocycles. The fourth-order valence-corrected chi connectivity index (χ4v) is 5.76. The lowest BCUT2D eigenvalue weighted by Gasteiger charge is -2.30. The van der Waals surface area contributed by atoms with Gasteiger partial charge in [-0.3, -0.25) is 18.5 Å². The first-order valence-electron chi connectivity index (χ1n) is 9.74. The van der Waals surface area contributed by atoms with Crippen LogP contribution >= 0.6 is 11.3 Å². The van der Waals surface area contributed by atoms with Gasteiger partial charge < -0.3 is 5.32 Å². The average Bonchev–Trinajstić information content (AvgIpc) is 3.00. The SMILES string of the molecule is CC[C@@H](C(=O)Nc1ccc2c(c1)sc(=O)n2C(C)C)N(c1ccccc1F)S(C)(=O)=O. The van der Waals surface area contributed by atoms with Crippen LogP contribution in [-0.2, 0) is 14.8 Å². The minimum absolute atomic E-state index is 0.00440. The normalized spacial score (nSPS) is 12.8. The van der Waals surface area contributed by atoms with Crippen molar-refractivity contribution >= 4 is 48.9 Å². The molecule has 0 aliphatic carbocycles. The van der Waals surface area contributed by atoms with E-state index in [4.69, 9.17) is 0 Å². The zero-order valence-corrected chi connectivity index (χ0v) is 19.3. The van der Waals surface area contributed by atoms with Gasteiger partial charge in [-0.05, 0) is 50.6 Å². The number of amides is 1. The average molecular weight is 466 g/mol. The Kier molecular flexibility index (Phi) is 6.51. The standard InChI is InChI=1S/C21H24FN3O4S2/c1-5-16(25(31(4,28)29)17-9-7-6-8-15(17)22)20(26)23-14-10-11-18-19(12-14)30-21(27)24(18)13(2)3/h6-13,16H,5H2,1-4H3,(H,23,26)/t16-/m0/s1. The number of carbonyl (C=O) groups excluding carboxylic acids is 1. The Bertz CT molecular complexity index is 1280. The third-order valence-corrected chi connectivity index (χ3v) is 6.90. The van der Waals surface area contributed by atoms with Crippen LogP contribution in [0.1, 0.15) is 33.2 Å². The Labute approximate surface area is 184 Å². The number of rotatable bonds is 7. The molecule has 1 N–H and O–H groups in total. The number of para-hydroxylation sites is 1. The third-order valence-electron chi connectivity index (χ3n) is 4.82. The van der Waals surface area contributed by atoms with Crippen LogP contribution in [0.2, 0.25) is 0 Å². The van der Waals surface area contributed by atoms with Gasteiger partial charge in [0.25, 0.3) is 0 Å². The first-order valence-corrected chi connectivity index (χ1v) is 12.4. The van der Waals surface area contributed by atoms with E-state index in [1.165, 1.54) is 18.2 Å². The topological polar surface area (TPSA) is 88.5 Å². The Morgan fingerprint density at radius 3 is 2.48 bits per heavy atom. The molecule has 0 spiro atoms. The Hall–Kier alpha value is -2.72. The summed E-state index contributed by atoms with van der Waals surface area (Å²) in [7, 11) is -3.95. The number of thiazole rings is 1. The molecule has 0 aliphatic heterocycles. The quantitative estimate of drug-likeness (QED) is 0.572. The maximum absolute atomic E-state index is 14.4. The summed E-state index contributed by atoms with van der Waals surface area (Å²) in [6.45, 7) is 5.48. The highest BCUT2D eigenvalue weighted by atomic mass is 32.2. The van der Waals surface area contributed by atoms with Gasteiger partial charge >= 0.3 is 4.87 Å². The zero-order valence-electron chi connectivity index (χ0n) is 17.6. The maximum atomic E-state index is 14.4. The first kappa shape index (κ1) is 23.0. The van der Waals surface area contributed by atoms with E-state index >= 15 is 0 Å². The second kappa shape index (κ2) is 8.80. The lowest BCUT2D eigenvalue weighted by Crippen LogP contribution is -2.47. The van der Waals surface area contributed by atoms with Gasteiger partial charge in [0.2, 0.25) is 15.9 Å². The van der Waals surface area contributed by atoms with Crippen LogP contribution in [-0.4, -0.2) is 31.2 Å². The van der Waals surface area contributed by atoms with Crippen molar-refractivity contribution in [3.63, 3.8) is 0 Å². The van der Waals surface area contributed by atoms with Crippen molar-refractivity contribution in [2.75, 3.05) is 15.9 Å². The molecule has 7 nitrogen and oxygen atoms in total. The van der Waals surface area contributed by atoms with Crippen LogP contribution < -0.4 is 14.5 Å². The van der Waals surface area contributed by atoms with E-state index in [1.807, 2.05) is 13.8 Å². The van der Waals surface area contributed by atoms with Crippen molar-refractivity contribution in [1.29, 1.82) is 0 Å². The van der Waals surface area contributed by atoms with Crippen molar-refractivity contribution in [3.05, 3.63) is 57.9 Å². The van der Waals surface area contributed by atoms with E-state index < -0.39 is 27.8 Å². The first-order chi connectivity index (χ1) is 14.5. The molecule has 0 radical (unpaired) electrons. The third kappa shape index (κ3) is 4.64. The predicted molar refractivity (Wildman–Crippen MR) is 123 cm³/mol. The number of hydrogen-bond donors (Lipinski definition) is 1. The smallest absolute Gasteiger partial charge is 0.308 e. The second-order valence-corrected chi connectivity index (χ2v) is 10.3. The van der Waals surface area contributed by atoms with Crippen molar-refractivity contribution < 1.29 is 17.6 Å². The molecule has 0 aliphatic rings. The van der Waals surface area contributed by atoms with Gasteiger partial charge in [0.1, 0.15) is 11.9 Å². The predicted octanol–water partition coefficient (Wildman–Crippen LogP) is 3.97. The van der Waals surface area contributed by atoms with Crippen LogP contribution in [0, 0.1) is 5.82 Å². The number of hydrogen-bond acceptors (Lipinski definition) is 5. The van der Waals surface area contributed by atoms with Crippen LogP contribution in [0.15, 0.2) is 47.3 Å². The summed E-state index contributed by atoms with van der Waals surface area (Å²) in [6.07, 6.45) is 1.07. The summed E-state index contributed by atoms with van der Waals surface area (Å²) < 4.78 is 42.5. The number of anilines is 2. The molecule has 31 heavy (non-hydrogen) atoms. The van der Waals surface area contributed by atoms with Gasteiger partial charge in [-0.25, -0.2) is 12.8 Å². The fourth-order valence-electron chi connectivity index (χ4n) is 3.49. The van der Waals surface area contributed by atoms with Gasteiger partial charge in [-0.15, -0.1) is 0 Å². The number of benzene rings is 2. The zero-order chi connectivity index (χ0) is 22.9. The van der Waals surface area contributed by atoms with E-state index in [2.05, 4.69) is 5.32 Å². The molecule has 10 heteroatoms. The van der Waals surface area contributed by atoms with Crippen LogP contribution in [0.5, 0.6) is 0 Å². The van der Waals surface area contributed by atoms with E-state index in [-0.39, 0.29) is 23.0 Å². The molecule has 3 aromatic rings. The highest BCUT2D eigenvalue weighted by Gasteiger charge is 2.33. The lowest BCUT2D eigenvalue weighted by atomic mass is 10.1. The summed E-state index contributed by atoms with van der Waals surface area (Å²) in [5.74, 6) is -1.33. The molecule has 1 atom stereocenters. The lowest BCUT2D eigenvalue weighted by molar-refractivity contribution is -0.117. The summed E-state index contributed by atoms with van der Waals surface area (Å²) in [4.78, 5) is 25.2. The molecular formula is C21H24FN3O4S2. The molecule has 1 amide bonds. The maximum Gasteiger partial charge on any atom is 0.308 e. The number of halogens is 1. The highest BCUT2D eigenvalue weighted by Crippen LogP contribution is 2.27. The van der Waals surface area contributed by atoms with Gasteiger partial charge in [-0.1, -0.05) is 30.4 Å². The number of aromatic nitrogens is 1. The molecule has 0 fully saturated rings. The van der Waals surface area contributed by atoms with Crippen molar-refractivity contribution in [3.8, 4) is 0 Å². The number of carbonyl (C=O) groups is 1. The Morgan fingerprint density at radius 1 is 1.23 bits per heavy atom. The second-order valence-electron chi connectivity index (χ2n) is 7.44. The van der Waals surface area contributed by atoms with Crippen molar-refractivity contribution in [2.45, 2.75) is 39.3 Å². The van der Waals surface area contributed by atoms with Crippen LogP contribution in [0.3, 0.4) is 0 Å². The summed E-state index contributed by atoms with van der Waals surface area (Å²) in [6, 6.07) is 9.36. The van der Waals surface area contributed by atoms with E-state index in [0.717, 1.165) is 33.5 Å². The molecule has 0 saturated carbocycles. The van der Waals surface area contributed by atoms with Crippen molar-refractivity contribution in [2.24, 2.45) is 0 Å². The monoisotopic (exact) mass is 465 g/mol. The minimum atomic E-state index is -3.95. The van der Waals surface area contributed by atoms with E-state index in [1.54, 1.807) is 29.7 Å². The number of fused-ring (bicyclic) bond motifs is 1. The molecule has 2 aromatic carbocycles. The van der Waals surface area contributed by atoms with E-state index in [0.29, 0.717) is 10.4 Å². The van der Waals surface area contributed by atoms with Crippen molar-refractivity contribution in [1.82, 2.24) is 4.57 Å². The van der Waals surface area contributed by atoms with Crippen LogP contribution in [0.25, 0.3) is 10.2 Å². The van der Waals surface area contributed by atoms with Gasteiger partial charge in [0, 0.05) is 11.7 Å². The largest absolute Gasteiger partial charge is 0.324 e. The molecule has 1 heterocycles. The molecular weight excluding hydrogens is 441 g/mol. The highest BCUT2D eigenvalue weighted by molar-refractivity contribution is 7.92. The Balaban J connectivity index is 1.96. The number of sulfonamides is 1. The molecule has 3 rings (SSSR count). The molecule has 166 valence electrons. The van der Waals surface area contributed by atoms with Crippen LogP contribution in [0.4, 0.5) is 15.8 Å². The summed E-state index contributed by atoms with van der Waals surface area (Å²) in [5.41, 5.74) is 1.00. The van der Waals surface area contributed by atoms with Gasteiger partial charge in [0.15, 0.2) is 0 Å².